The van der Waals surface area contributed by atoms with Crippen molar-refractivity contribution in [3.05, 3.63) is 52.5 Å². The van der Waals surface area contributed by atoms with E-state index < -0.39 is 10.0 Å². The van der Waals surface area contributed by atoms with Gasteiger partial charge in [0.25, 0.3) is 10.0 Å². The van der Waals surface area contributed by atoms with Gasteiger partial charge in [0.2, 0.25) is 0 Å². The molecule has 2 aromatic rings. The second-order valence-electron chi connectivity index (χ2n) is 4.09. The summed E-state index contributed by atoms with van der Waals surface area (Å²) in [5.41, 5.74) is 0.656. The van der Waals surface area contributed by atoms with Crippen molar-refractivity contribution in [3.63, 3.8) is 0 Å². The maximum Gasteiger partial charge on any atom is 0.261 e. The van der Waals surface area contributed by atoms with Gasteiger partial charge in [0.15, 0.2) is 0 Å². The van der Waals surface area contributed by atoms with Crippen LogP contribution in [0, 0.1) is 11.3 Å². The van der Waals surface area contributed by atoms with E-state index in [2.05, 4.69) is 20.7 Å². The first-order valence-corrected chi connectivity index (χ1v) is 8.10. The van der Waals surface area contributed by atoms with Gasteiger partial charge in [-0.25, -0.2) is 8.42 Å². The van der Waals surface area contributed by atoms with Crippen molar-refractivity contribution in [2.75, 3.05) is 11.8 Å². The van der Waals surface area contributed by atoms with Crippen LogP contribution in [0.4, 0.5) is 5.69 Å². The Kier molecular flexibility index (Phi) is 4.50. The molecule has 0 atom stereocenters. The second-order valence-corrected chi connectivity index (χ2v) is 6.63. The maximum atomic E-state index is 12.3. The average molecular weight is 367 g/mol. The maximum absolute atomic E-state index is 12.3. The number of ether oxygens (including phenoxy) is 1. The largest absolute Gasteiger partial charge is 0.495 e. The van der Waals surface area contributed by atoms with Gasteiger partial charge in [0.05, 0.1) is 33.8 Å². The Hall–Kier alpha value is -2.04. The van der Waals surface area contributed by atoms with Crippen LogP contribution in [-0.2, 0) is 10.0 Å². The van der Waals surface area contributed by atoms with Crippen molar-refractivity contribution >= 4 is 31.6 Å². The first-order valence-electron chi connectivity index (χ1n) is 5.83. The van der Waals surface area contributed by atoms with Crippen LogP contribution in [-0.4, -0.2) is 15.5 Å². The van der Waals surface area contributed by atoms with Crippen molar-refractivity contribution in [3.8, 4) is 11.8 Å². The number of hydrogen-bond donors (Lipinski definition) is 1. The number of methoxy groups -OCH3 is 1. The van der Waals surface area contributed by atoms with Crippen LogP contribution in [0.2, 0.25) is 0 Å². The normalized spacial score (nSPS) is 10.7. The van der Waals surface area contributed by atoms with E-state index in [1.807, 2.05) is 6.07 Å². The zero-order chi connectivity index (χ0) is 15.5. The molecular formula is C14H11BrN2O3S. The van der Waals surface area contributed by atoms with E-state index >= 15 is 0 Å². The first kappa shape index (κ1) is 15.4. The second kappa shape index (κ2) is 6.16. The summed E-state index contributed by atoms with van der Waals surface area (Å²) in [6.45, 7) is 0. The summed E-state index contributed by atoms with van der Waals surface area (Å²) in [6, 6.07) is 12.6. The number of anilines is 1. The van der Waals surface area contributed by atoms with Crippen molar-refractivity contribution < 1.29 is 13.2 Å². The Morgan fingerprint density at radius 3 is 2.67 bits per heavy atom. The predicted molar refractivity (Wildman–Crippen MR) is 82.7 cm³/mol. The van der Waals surface area contributed by atoms with Crippen LogP contribution in [0.15, 0.2) is 51.8 Å². The van der Waals surface area contributed by atoms with Crippen LogP contribution in [0.3, 0.4) is 0 Å². The Morgan fingerprint density at radius 2 is 2.00 bits per heavy atom. The predicted octanol–water partition coefficient (Wildman–Crippen LogP) is 3.13. The zero-order valence-electron chi connectivity index (χ0n) is 11.0. The van der Waals surface area contributed by atoms with Gasteiger partial charge in [-0.3, -0.25) is 4.72 Å². The number of nitrogens with zero attached hydrogens (tertiary/aromatic N) is 1. The number of halogens is 1. The number of sulfonamides is 1. The fourth-order valence-electron chi connectivity index (χ4n) is 1.67. The minimum atomic E-state index is -3.76. The molecule has 1 N–H and O–H groups in total. The molecule has 0 aliphatic rings. The van der Waals surface area contributed by atoms with Crippen molar-refractivity contribution in [2.24, 2.45) is 0 Å². The van der Waals surface area contributed by atoms with E-state index in [0.29, 0.717) is 11.4 Å². The van der Waals surface area contributed by atoms with Gasteiger partial charge in [-0.2, -0.15) is 5.26 Å². The number of nitrogens with one attached hydrogen (secondary N) is 1. The lowest BCUT2D eigenvalue weighted by Crippen LogP contribution is -2.13. The highest BCUT2D eigenvalue weighted by Gasteiger charge is 2.15. The van der Waals surface area contributed by atoms with E-state index in [1.165, 1.54) is 25.3 Å². The lowest BCUT2D eigenvalue weighted by Gasteiger charge is -2.10. The Bertz CT molecular complexity index is 813. The summed E-state index contributed by atoms with van der Waals surface area (Å²) in [5, 5.41) is 8.83. The molecule has 7 heteroatoms. The summed E-state index contributed by atoms with van der Waals surface area (Å²) < 4.78 is 32.9. The third-order valence-corrected chi connectivity index (χ3v) is 4.71. The molecule has 0 saturated carbocycles. The van der Waals surface area contributed by atoms with E-state index in [4.69, 9.17) is 10.00 Å². The number of hydrogen-bond acceptors (Lipinski definition) is 4. The summed E-state index contributed by atoms with van der Waals surface area (Å²) in [5.74, 6) is 0.515. The molecule has 0 unspecified atom stereocenters. The van der Waals surface area contributed by atoms with Gasteiger partial charge >= 0.3 is 0 Å². The molecule has 108 valence electrons. The monoisotopic (exact) mass is 366 g/mol. The van der Waals surface area contributed by atoms with E-state index in [1.54, 1.807) is 24.3 Å². The topological polar surface area (TPSA) is 79.2 Å². The number of nitriles is 1. The summed E-state index contributed by atoms with van der Waals surface area (Å²) >= 11 is 3.30. The minimum absolute atomic E-state index is 0.0310. The lowest BCUT2D eigenvalue weighted by atomic mass is 10.2. The van der Waals surface area contributed by atoms with Gasteiger partial charge in [-0.1, -0.05) is 6.07 Å². The lowest BCUT2D eigenvalue weighted by molar-refractivity contribution is 0.412. The fraction of sp³-hybridized carbons (Fsp3) is 0.0714. The molecule has 0 heterocycles. The molecule has 0 aromatic heterocycles. The zero-order valence-corrected chi connectivity index (χ0v) is 13.4. The summed E-state index contributed by atoms with van der Waals surface area (Å²) in [6.07, 6.45) is 0. The van der Waals surface area contributed by atoms with Crippen LogP contribution < -0.4 is 9.46 Å². The van der Waals surface area contributed by atoms with Gasteiger partial charge in [-0.05, 0) is 46.3 Å². The molecule has 5 nitrogen and oxygen atoms in total. The molecule has 0 aliphatic carbocycles. The van der Waals surface area contributed by atoms with Crippen LogP contribution >= 0.6 is 15.9 Å². The minimum Gasteiger partial charge on any atom is -0.495 e. The number of benzene rings is 2. The third kappa shape index (κ3) is 3.54. The highest BCUT2D eigenvalue weighted by atomic mass is 79.9. The number of rotatable bonds is 4. The molecule has 0 amide bonds. The Morgan fingerprint density at radius 1 is 1.24 bits per heavy atom. The van der Waals surface area contributed by atoms with Crippen molar-refractivity contribution in [1.29, 1.82) is 5.26 Å². The molecule has 0 saturated heterocycles. The van der Waals surface area contributed by atoms with E-state index in [0.717, 1.165) is 4.47 Å². The molecule has 2 aromatic carbocycles. The summed E-state index contributed by atoms with van der Waals surface area (Å²) in [7, 11) is -2.26. The van der Waals surface area contributed by atoms with Gasteiger partial charge < -0.3 is 4.74 Å². The van der Waals surface area contributed by atoms with Crippen molar-refractivity contribution in [1.82, 2.24) is 0 Å². The first-order chi connectivity index (χ1) is 9.96. The molecule has 0 radical (unpaired) electrons. The van der Waals surface area contributed by atoms with Gasteiger partial charge in [0, 0.05) is 6.07 Å². The fourth-order valence-corrected chi connectivity index (χ4v) is 3.17. The molecule has 21 heavy (non-hydrogen) atoms. The van der Waals surface area contributed by atoms with Gasteiger partial charge in [-0.15, -0.1) is 0 Å². The summed E-state index contributed by atoms with van der Waals surface area (Å²) in [4.78, 5) is 0.0310. The standard InChI is InChI=1S/C14H11BrN2O3S/c1-20-14-8-11(5-6-13(14)15)17-21(18,19)12-4-2-3-10(7-12)9-16/h2-8,17H,1H3. The van der Waals surface area contributed by atoms with E-state index in [9.17, 15) is 8.42 Å². The van der Waals surface area contributed by atoms with Crippen LogP contribution in [0.5, 0.6) is 5.75 Å². The average Bonchev–Trinajstić information content (AvgIpc) is 2.49. The van der Waals surface area contributed by atoms with E-state index in [-0.39, 0.29) is 10.5 Å². The van der Waals surface area contributed by atoms with Gasteiger partial charge in [0.1, 0.15) is 5.75 Å². The molecule has 0 aliphatic heterocycles. The third-order valence-electron chi connectivity index (χ3n) is 2.68. The van der Waals surface area contributed by atoms with Crippen LogP contribution in [0.1, 0.15) is 5.56 Å². The van der Waals surface area contributed by atoms with Crippen LogP contribution in [0.25, 0.3) is 0 Å². The Balaban J connectivity index is 2.35. The molecular weight excluding hydrogens is 356 g/mol. The quantitative estimate of drug-likeness (QED) is 0.901. The Labute approximate surface area is 131 Å². The molecule has 0 spiro atoms. The smallest absolute Gasteiger partial charge is 0.261 e. The van der Waals surface area contributed by atoms with Crippen molar-refractivity contribution in [2.45, 2.75) is 4.90 Å². The molecule has 2 rings (SSSR count). The highest BCUT2D eigenvalue weighted by Crippen LogP contribution is 2.29. The molecule has 0 bridgehead atoms. The SMILES string of the molecule is COc1cc(NS(=O)(=O)c2cccc(C#N)c2)ccc1Br. The molecule has 0 fully saturated rings. The highest BCUT2D eigenvalue weighted by molar-refractivity contribution is 9.10.